The van der Waals surface area contributed by atoms with Crippen molar-refractivity contribution in [2.45, 2.75) is 29.8 Å². The number of rotatable bonds is 4. The maximum absolute atomic E-state index is 10.5. The fourth-order valence-electron chi connectivity index (χ4n) is 2.74. The van der Waals surface area contributed by atoms with Crippen molar-refractivity contribution < 1.29 is 20.1 Å². The standard InChI is InChI=1S/C15H19N3O4S/c1-23-15-14(21)12(13(20)11(8-19)22-15)18-7-10(16-17-18)9-5-3-2-4-6-9/h2-7,11-15,19-21H,8H2,1H3/t11?,12?,13-,14-,15-/m0/s1. The molecule has 1 saturated heterocycles. The van der Waals surface area contributed by atoms with Gasteiger partial charge in [-0.15, -0.1) is 16.9 Å². The lowest BCUT2D eigenvalue weighted by atomic mass is 9.97. The quantitative estimate of drug-likeness (QED) is 0.737. The van der Waals surface area contributed by atoms with Crippen molar-refractivity contribution in [3.8, 4) is 11.3 Å². The number of hydrogen-bond donors (Lipinski definition) is 3. The van der Waals surface area contributed by atoms with Gasteiger partial charge in [0, 0.05) is 5.56 Å². The lowest BCUT2D eigenvalue weighted by Gasteiger charge is -2.41. The van der Waals surface area contributed by atoms with Crippen LogP contribution in [0.3, 0.4) is 0 Å². The second-order valence-corrected chi connectivity index (χ2v) is 6.32. The van der Waals surface area contributed by atoms with Crippen LogP contribution in [0.15, 0.2) is 36.5 Å². The molecule has 0 amide bonds. The van der Waals surface area contributed by atoms with Crippen LogP contribution in [0.5, 0.6) is 0 Å². The molecule has 0 aliphatic carbocycles. The van der Waals surface area contributed by atoms with Gasteiger partial charge < -0.3 is 20.1 Å². The SMILES string of the molecule is CS[C@@H]1OC(CO)[C@H](O)C(n2cc(-c3ccccc3)nn2)[C@@H]1O. The van der Waals surface area contributed by atoms with Crippen LogP contribution in [-0.2, 0) is 4.74 Å². The topological polar surface area (TPSA) is 101 Å². The third kappa shape index (κ3) is 3.13. The van der Waals surface area contributed by atoms with Gasteiger partial charge >= 0.3 is 0 Å². The summed E-state index contributed by atoms with van der Waals surface area (Å²) in [4.78, 5) is 0. The number of benzene rings is 1. The van der Waals surface area contributed by atoms with Crippen molar-refractivity contribution in [3.05, 3.63) is 36.5 Å². The summed E-state index contributed by atoms with van der Waals surface area (Å²) in [5.41, 5.74) is 0.998. The first-order valence-electron chi connectivity index (χ1n) is 7.28. The summed E-state index contributed by atoms with van der Waals surface area (Å²) in [5.74, 6) is 0. The predicted molar refractivity (Wildman–Crippen MR) is 85.8 cm³/mol. The van der Waals surface area contributed by atoms with E-state index in [0.717, 1.165) is 5.56 Å². The molecule has 3 N–H and O–H groups in total. The fraction of sp³-hybridized carbons (Fsp3) is 0.467. The highest BCUT2D eigenvalue weighted by molar-refractivity contribution is 7.99. The molecule has 8 heteroatoms. The van der Waals surface area contributed by atoms with Gasteiger partial charge in [0.05, 0.1) is 12.8 Å². The van der Waals surface area contributed by atoms with Gasteiger partial charge in [-0.3, -0.25) is 0 Å². The summed E-state index contributed by atoms with van der Waals surface area (Å²) in [6.07, 6.45) is 0.666. The highest BCUT2D eigenvalue weighted by Crippen LogP contribution is 2.34. The van der Waals surface area contributed by atoms with Crippen molar-refractivity contribution in [2.24, 2.45) is 0 Å². The van der Waals surface area contributed by atoms with E-state index >= 15 is 0 Å². The van der Waals surface area contributed by atoms with E-state index in [-0.39, 0.29) is 6.61 Å². The lowest BCUT2D eigenvalue weighted by Crippen LogP contribution is -2.54. The van der Waals surface area contributed by atoms with E-state index in [4.69, 9.17) is 4.74 Å². The molecule has 7 nitrogen and oxygen atoms in total. The molecule has 1 aromatic heterocycles. The Morgan fingerprint density at radius 3 is 2.61 bits per heavy atom. The zero-order valence-electron chi connectivity index (χ0n) is 12.6. The molecule has 2 aromatic rings. The van der Waals surface area contributed by atoms with Crippen molar-refractivity contribution in [1.29, 1.82) is 0 Å². The van der Waals surface area contributed by atoms with Crippen LogP contribution >= 0.6 is 11.8 Å². The Kier molecular flexibility index (Phi) is 4.98. The van der Waals surface area contributed by atoms with E-state index in [1.165, 1.54) is 16.4 Å². The van der Waals surface area contributed by atoms with Gasteiger partial charge in [0.25, 0.3) is 0 Å². The van der Waals surface area contributed by atoms with E-state index in [2.05, 4.69) is 10.3 Å². The number of thioether (sulfide) groups is 1. The van der Waals surface area contributed by atoms with Crippen molar-refractivity contribution >= 4 is 11.8 Å². The van der Waals surface area contributed by atoms with E-state index < -0.39 is 29.8 Å². The Hall–Kier alpha value is -1.45. The van der Waals surface area contributed by atoms with Crippen LogP contribution in [-0.4, -0.2) is 66.9 Å². The Bertz CT molecular complexity index is 623. The summed E-state index contributed by atoms with van der Waals surface area (Å²) in [5, 5.41) is 38.4. The Morgan fingerprint density at radius 1 is 1.22 bits per heavy atom. The number of hydrogen-bond acceptors (Lipinski definition) is 7. The minimum absolute atomic E-state index is 0.332. The average Bonchev–Trinajstić information content (AvgIpc) is 3.06. The van der Waals surface area contributed by atoms with Crippen LogP contribution in [0, 0.1) is 0 Å². The highest BCUT2D eigenvalue weighted by atomic mass is 32.2. The maximum Gasteiger partial charge on any atom is 0.131 e. The highest BCUT2D eigenvalue weighted by Gasteiger charge is 2.45. The molecule has 1 aliphatic heterocycles. The molecule has 0 spiro atoms. The van der Waals surface area contributed by atoms with Gasteiger partial charge in [-0.2, -0.15) is 0 Å². The van der Waals surface area contributed by atoms with Gasteiger partial charge in [-0.25, -0.2) is 4.68 Å². The normalized spacial score (nSPS) is 31.2. The molecule has 3 rings (SSSR count). The molecule has 2 heterocycles. The molecule has 124 valence electrons. The molecule has 2 unspecified atom stereocenters. The minimum atomic E-state index is -1.08. The largest absolute Gasteiger partial charge is 0.394 e. The summed E-state index contributed by atoms with van der Waals surface area (Å²) in [6.45, 7) is -0.332. The van der Waals surface area contributed by atoms with E-state index in [9.17, 15) is 15.3 Å². The van der Waals surface area contributed by atoms with Crippen LogP contribution in [0.4, 0.5) is 0 Å². The molecular weight excluding hydrogens is 318 g/mol. The van der Waals surface area contributed by atoms with Crippen LogP contribution in [0.1, 0.15) is 6.04 Å². The Morgan fingerprint density at radius 2 is 1.96 bits per heavy atom. The van der Waals surface area contributed by atoms with E-state index in [1.807, 2.05) is 30.3 Å². The number of aliphatic hydroxyl groups excluding tert-OH is 3. The first-order chi connectivity index (χ1) is 11.2. The summed E-state index contributed by atoms with van der Waals surface area (Å²) in [6, 6.07) is 8.80. The zero-order valence-corrected chi connectivity index (χ0v) is 13.4. The van der Waals surface area contributed by atoms with Gasteiger partial charge in [-0.1, -0.05) is 35.5 Å². The first kappa shape index (κ1) is 16.4. The van der Waals surface area contributed by atoms with Gasteiger partial charge in [0.15, 0.2) is 0 Å². The number of nitrogens with zero attached hydrogens (tertiary/aromatic N) is 3. The first-order valence-corrected chi connectivity index (χ1v) is 8.57. The fourth-order valence-corrected chi connectivity index (χ4v) is 3.43. The van der Waals surface area contributed by atoms with Gasteiger partial charge in [0.2, 0.25) is 0 Å². The summed E-state index contributed by atoms with van der Waals surface area (Å²) < 4.78 is 6.95. The molecule has 0 saturated carbocycles. The third-order valence-electron chi connectivity index (χ3n) is 3.97. The number of aromatic nitrogens is 3. The molecule has 0 radical (unpaired) electrons. The van der Waals surface area contributed by atoms with Gasteiger partial charge in [-0.05, 0) is 6.26 Å². The molecule has 5 atom stereocenters. The van der Waals surface area contributed by atoms with Crippen LogP contribution < -0.4 is 0 Å². The summed E-state index contributed by atoms with van der Waals surface area (Å²) >= 11 is 1.32. The summed E-state index contributed by atoms with van der Waals surface area (Å²) in [7, 11) is 0. The Balaban J connectivity index is 1.91. The second kappa shape index (κ2) is 6.98. The van der Waals surface area contributed by atoms with E-state index in [0.29, 0.717) is 5.69 Å². The Labute approximate surface area is 137 Å². The maximum atomic E-state index is 10.5. The molecule has 0 bridgehead atoms. The minimum Gasteiger partial charge on any atom is -0.394 e. The van der Waals surface area contributed by atoms with Crippen molar-refractivity contribution in [2.75, 3.05) is 12.9 Å². The number of ether oxygens (including phenoxy) is 1. The van der Waals surface area contributed by atoms with E-state index in [1.54, 1.807) is 12.5 Å². The smallest absolute Gasteiger partial charge is 0.131 e. The van der Waals surface area contributed by atoms with Gasteiger partial charge in [0.1, 0.15) is 35.5 Å². The molecule has 1 fully saturated rings. The number of aliphatic hydroxyl groups is 3. The molecule has 1 aromatic carbocycles. The molecule has 1 aliphatic rings. The predicted octanol–water partition coefficient (Wildman–Crippen LogP) is 0.288. The van der Waals surface area contributed by atoms with Crippen molar-refractivity contribution in [1.82, 2.24) is 15.0 Å². The van der Waals surface area contributed by atoms with Crippen LogP contribution in [0.25, 0.3) is 11.3 Å². The zero-order chi connectivity index (χ0) is 16.4. The molecular formula is C15H19N3O4S. The van der Waals surface area contributed by atoms with Crippen LogP contribution in [0.2, 0.25) is 0 Å². The third-order valence-corrected chi connectivity index (χ3v) is 4.82. The average molecular weight is 337 g/mol. The lowest BCUT2D eigenvalue weighted by molar-refractivity contribution is -0.178. The second-order valence-electron chi connectivity index (χ2n) is 5.38. The molecule has 23 heavy (non-hydrogen) atoms. The van der Waals surface area contributed by atoms with Crippen molar-refractivity contribution in [3.63, 3.8) is 0 Å². The monoisotopic (exact) mass is 337 g/mol.